The fourth-order valence-corrected chi connectivity index (χ4v) is 7.06. The third-order valence-electron chi connectivity index (χ3n) is 8.15. The number of anilines is 1. The Bertz CT molecular complexity index is 1320. The van der Waals surface area contributed by atoms with Crippen molar-refractivity contribution in [3.63, 3.8) is 0 Å². The molecule has 0 bridgehead atoms. The zero-order chi connectivity index (χ0) is 29.0. The molecule has 1 fully saturated rings. The van der Waals surface area contributed by atoms with E-state index in [2.05, 4.69) is 143 Å². The summed E-state index contributed by atoms with van der Waals surface area (Å²) in [7, 11) is 0. The molecule has 0 unspecified atom stereocenters. The summed E-state index contributed by atoms with van der Waals surface area (Å²) in [6, 6.07) is 24.7. The van der Waals surface area contributed by atoms with E-state index in [1.807, 2.05) is 0 Å². The van der Waals surface area contributed by atoms with Crippen molar-refractivity contribution in [3.8, 4) is 0 Å². The number of para-hydroxylation sites is 2. The van der Waals surface area contributed by atoms with E-state index in [1.54, 1.807) is 0 Å². The molecule has 1 aliphatic carbocycles. The quantitative estimate of drug-likeness (QED) is 0.234. The van der Waals surface area contributed by atoms with Gasteiger partial charge in [0.25, 0.3) is 0 Å². The fourth-order valence-electron chi connectivity index (χ4n) is 5.96. The number of benzene rings is 3. The van der Waals surface area contributed by atoms with Crippen molar-refractivity contribution in [2.75, 3.05) is 3.86 Å². The van der Waals surface area contributed by atoms with E-state index in [9.17, 15) is 0 Å². The standard InChI is InChI=1S/C37H47GeN2.H2O/c1-24(2)29-19-14-20-30(25(3)4)35(29)39-34-23-13-12-18-33(34)36(28-16-10-9-11-17-28)40(38)37-31(26(5)6)21-15-22-32(37)27(7)8;/h9-11,14-17,19-22,24-27H,12-13,18,23H2,1-8H3;1H2/b36-33-,39-34?;. The summed E-state index contributed by atoms with van der Waals surface area (Å²) in [5.74, 6) is 1.72. The summed E-state index contributed by atoms with van der Waals surface area (Å²) >= 11 is 2.29. The summed E-state index contributed by atoms with van der Waals surface area (Å²) in [4.78, 5) is 5.61. The number of hydrogen-bond donors (Lipinski definition) is 0. The minimum atomic E-state index is 0. The Morgan fingerprint density at radius 1 is 0.634 bits per heavy atom. The van der Waals surface area contributed by atoms with Crippen molar-refractivity contribution < 1.29 is 5.48 Å². The summed E-state index contributed by atoms with van der Waals surface area (Å²) in [5.41, 5.74) is 13.3. The summed E-state index contributed by atoms with van der Waals surface area (Å²) in [5, 5.41) is 0. The number of allylic oxidation sites excluding steroid dienone is 1. The van der Waals surface area contributed by atoms with Crippen LogP contribution in [-0.4, -0.2) is 27.9 Å². The van der Waals surface area contributed by atoms with E-state index in [0.29, 0.717) is 23.7 Å². The Balaban J connectivity index is 0.00000462. The van der Waals surface area contributed by atoms with Gasteiger partial charge < -0.3 is 5.48 Å². The van der Waals surface area contributed by atoms with Gasteiger partial charge in [-0.3, -0.25) is 0 Å². The van der Waals surface area contributed by atoms with E-state index in [1.165, 1.54) is 69.0 Å². The van der Waals surface area contributed by atoms with Crippen LogP contribution in [0.2, 0.25) is 0 Å². The van der Waals surface area contributed by atoms with Crippen molar-refractivity contribution in [1.29, 1.82) is 0 Å². The van der Waals surface area contributed by atoms with Gasteiger partial charge in [-0.15, -0.1) is 0 Å². The average Bonchev–Trinajstić information content (AvgIpc) is 2.94. The third kappa shape index (κ3) is 7.24. The maximum Gasteiger partial charge on any atom is -0.412 e. The molecule has 3 radical (unpaired) electrons. The molecule has 3 nitrogen and oxygen atoms in total. The molecule has 1 aliphatic rings. The number of rotatable bonds is 8. The molecule has 0 heterocycles. The van der Waals surface area contributed by atoms with Crippen LogP contribution in [0.5, 0.6) is 0 Å². The van der Waals surface area contributed by atoms with Gasteiger partial charge in [0, 0.05) is 0 Å². The molecule has 0 aromatic heterocycles. The van der Waals surface area contributed by atoms with E-state index >= 15 is 0 Å². The Hall–Kier alpha value is -2.63. The second-order valence-corrected chi connectivity index (χ2v) is 13.4. The number of nitrogens with zero attached hydrogens (tertiary/aromatic N) is 2. The van der Waals surface area contributed by atoms with Crippen molar-refractivity contribution >= 4 is 39.5 Å². The minimum Gasteiger partial charge on any atom is -0.412 e. The van der Waals surface area contributed by atoms with E-state index < -0.39 is 0 Å². The minimum absolute atomic E-state index is 0. The molecule has 0 atom stereocenters. The Morgan fingerprint density at radius 2 is 1.10 bits per heavy atom. The molecule has 4 rings (SSSR count). The van der Waals surface area contributed by atoms with Crippen LogP contribution < -0.4 is 3.86 Å². The Kier molecular flexibility index (Phi) is 11.6. The number of aliphatic imine (C=N–C) groups is 1. The van der Waals surface area contributed by atoms with Crippen LogP contribution in [-0.2, 0) is 0 Å². The summed E-state index contributed by atoms with van der Waals surface area (Å²) in [6.07, 6.45) is 4.46. The molecule has 41 heavy (non-hydrogen) atoms. The van der Waals surface area contributed by atoms with E-state index in [-0.39, 0.29) is 5.48 Å². The zero-order valence-electron chi connectivity index (χ0n) is 26.4. The second kappa shape index (κ2) is 14.5. The van der Waals surface area contributed by atoms with Gasteiger partial charge in [-0.1, -0.05) is 0 Å². The van der Waals surface area contributed by atoms with Gasteiger partial charge in [0.05, 0.1) is 0 Å². The predicted octanol–water partition coefficient (Wildman–Crippen LogP) is 10.0. The summed E-state index contributed by atoms with van der Waals surface area (Å²) < 4.78 is 2.51. The van der Waals surface area contributed by atoms with Crippen molar-refractivity contribution in [1.82, 2.24) is 0 Å². The second-order valence-electron chi connectivity index (χ2n) is 12.5. The Morgan fingerprint density at radius 3 is 1.59 bits per heavy atom. The largest absolute Gasteiger partial charge is 0.412 e. The molecule has 0 saturated heterocycles. The van der Waals surface area contributed by atoms with E-state index in [4.69, 9.17) is 4.99 Å². The van der Waals surface area contributed by atoms with Crippen molar-refractivity contribution in [3.05, 3.63) is 100 Å². The monoisotopic (exact) mass is 611 g/mol. The van der Waals surface area contributed by atoms with Crippen LogP contribution >= 0.6 is 0 Å². The van der Waals surface area contributed by atoms with Crippen LogP contribution in [0.1, 0.15) is 133 Å². The summed E-state index contributed by atoms with van der Waals surface area (Å²) in [6.45, 7) is 18.4. The first-order valence-corrected chi connectivity index (χ1v) is 16.2. The van der Waals surface area contributed by atoms with Crippen LogP contribution in [0, 0.1) is 0 Å². The molecule has 2 N–H and O–H groups in total. The molecule has 0 spiro atoms. The van der Waals surface area contributed by atoms with E-state index in [0.717, 1.165) is 12.8 Å². The van der Waals surface area contributed by atoms with Crippen molar-refractivity contribution in [2.45, 2.75) is 105 Å². The molecular weight excluding hydrogens is 561 g/mol. The topological polar surface area (TPSA) is 47.1 Å². The van der Waals surface area contributed by atoms with Crippen LogP contribution in [0.3, 0.4) is 0 Å². The van der Waals surface area contributed by atoms with Crippen molar-refractivity contribution in [2.24, 2.45) is 4.99 Å². The molecule has 1 saturated carbocycles. The van der Waals surface area contributed by atoms with Gasteiger partial charge in [-0.25, -0.2) is 0 Å². The van der Waals surface area contributed by atoms with Crippen LogP contribution in [0.25, 0.3) is 5.70 Å². The van der Waals surface area contributed by atoms with Crippen LogP contribution in [0.4, 0.5) is 11.4 Å². The molecule has 0 amide bonds. The normalized spacial score (nSPS) is 16.1. The molecule has 4 heteroatoms. The molecule has 3 aromatic rings. The third-order valence-corrected chi connectivity index (χ3v) is 9.09. The average molecular weight is 610 g/mol. The maximum atomic E-state index is 5.61. The fraction of sp³-hybridized carbons (Fsp3) is 0.432. The first-order chi connectivity index (χ1) is 19.1. The molecule has 0 aliphatic heterocycles. The van der Waals surface area contributed by atoms with Gasteiger partial charge in [-0.05, 0) is 0 Å². The van der Waals surface area contributed by atoms with Gasteiger partial charge >= 0.3 is 253 Å². The van der Waals surface area contributed by atoms with Gasteiger partial charge in [0.1, 0.15) is 0 Å². The van der Waals surface area contributed by atoms with Gasteiger partial charge in [0.15, 0.2) is 0 Å². The molecule has 217 valence electrons. The first kappa shape index (κ1) is 32.9. The smallest absolute Gasteiger partial charge is 0.412 e. The van der Waals surface area contributed by atoms with Gasteiger partial charge in [-0.2, -0.15) is 0 Å². The molecule has 3 aromatic carbocycles. The zero-order valence-corrected chi connectivity index (χ0v) is 28.5. The Labute approximate surface area is 257 Å². The molecular formula is C37H49GeN2O. The van der Waals surface area contributed by atoms with Crippen LogP contribution in [0.15, 0.2) is 77.3 Å². The first-order valence-electron chi connectivity index (χ1n) is 15.2. The maximum absolute atomic E-state index is 5.61. The predicted molar refractivity (Wildman–Crippen MR) is 180 cm³/mol. The van der Waals surface area contributed by atoms with Gasteiger partial charge in [0.2, 0.25) is 0 Å². The SMILES string of the molecule is CC(C)c1cccc(C(C)C)c1N=C1CCCC/C1=C(\c1ccccc1)[N]([Ge])c1c(C(C)C)cccc1C(C)C.O. The number of hydrogen-bond acceptors (Lipinski definition) is 2.